The molecule has 1 amide bonds. The van der Waals surface area contributed by atoms with Gasteiger partial charge in [-0.3, -0.25) is 4.90 Å². The second-order valence-electron chi connectivity index (χ2n) is 7.38. The monoisotopic (exact) mass is 372 g/mol. The van der Waals surface area contributed by atoms with Crippen LogP contribution in [-0.2, 0) is 4.84 Å². The summed E-state index contributed by atoms with van der Waals surface area (Å²) in [6, 6.07) is 7.67. The van der Waals surface area contributed by atoms with Crippen molar-refractivity contribution in [2.45, 2.75) is 38.8 Å². The molecule has 1 aromatic carbocycles. The van der Waals surface area contributed by atoms with Gasteiger partial charge in [0.1, 0.15) is 12.4 Å². The van der Waals surface area contributed by atoms with Crippen molar-refractivity contribution in [3.8, 4) is 11.4 Å². The highest BCUT2D eigenvalue weighted by atomic mass is 16.7. The number of carboxylic acid groups (broad SMARTS) is 1. The molecule has 27 heavy (non-hydrogen) atoms. The minimum Gasteiger partial charge on any atom is -0.487 e. The third-order valence-electron chi connectivity index (χ3n) is 4.25. The summed E-state index contributed by atoms with van der Waals surface area (Å²) in [5.41, 5.74) is 1.08. The fraction of sp³-hybridized carbons (Fsp3) is 0.421. The number of amides is 1. The van der Waals surface area contributed by atoms with Gasteiger partial charge in [-0.1, -0.05) is 17.3 Å². The molecule has 3 rings (SSSR count). The average molecular weight is 372 g/mol. The van der Waals surface area contributed by atoms with Gasteiger partial charge >= 0.3 is 6.09 Å². The van der Waals surface area contributed by atoms with Gasteiger partial charge in [0, 0.05) is 24.4 Å². The smallest absolute Gasteiger partial charge is 0.408 e. The summed E-state index contributed by atoms with van der Waals surface area (Å²) >= 11 is 0. The van der Waals surface area contributed by atoms with Gasteiger partial charge in [-0.05, 0) is 32.9 Å². The lowest BCUT2D eigenvalue weighted by atomic mass is 10.1. The lowest BCUT2D eigenvalue weighted by molar-refractivity contribution is 0.0470. The Labute approximate surface area is 158 Å². The number of para-hydroxylation sites is 2. The molecule has 0 fully saturated rings. The van der Waals surface area contributed by atoms with E-state index in [0.29, 0.717) is 18.7 Å². The molecule has 0 bridgehead atoms. The van der Waals surface area contributed by atoms with Crippen molar-refractivity contribution in [2.24, 2.45) is 5.16 Å². The van der Waals surface area contributed by atoms with Crippen molar-refractivity contribution in [1.82, 2.24) is 14.5 Å². The predicted molar refractivity (Wildman–Crippen MR) is 100 cm³/mol. The Morgan fingerprint density at radius 1 is 1.41 bits per heavy atom. The molecule has 1 aliphatic heterocycles. The molecule has 1 N–H and O–H groups in total. The second kappa shape index (κ2) is 7.69. The highest BCUT2D eigenvalue weighted by molar-refractivity contribution is 5.89. The van der Waals surface area contributed by atoms with Crippen LogP contribution in [0.2, 0.25) is 0 Å². The molecule has 144 valence electrons. The summed E-state index contributed by atoms with van der Waals surface area (Å²) < 4.78 is 7.81. The number of aromatic nitrogens is 2. The van der Waals surface area contributed by atoms with Gasteiger partial charge in [-0.15, -0.1) is 0 Å². The van der Waals surface area contributed by atoms with Crippen LogP contribution in [0.3, 0.4) is 0 Å². The fourth-order valence-corrected chi connectivity index (χ4v) is 2.82. The first kappa shape index (κ1) is 18.8. The number of rotatable bonds is 6. The Morgan fingerprint density at radius 2 is 2.19 bits per heavy atom. The van der Waals surface area contributed by atoms with Crippen molar-refractivity contribution >= 4 is 11.8 Å². The quantitative estimate of drug-likeness (QED) is 0.841. The van der Waals surface area contributed by atoms with E-state index in [2.05, 4.69) is 10.1 Å². The summed E-state index contributed by atoms with van der Waals surface area (Å²) in [5, 5.41) is 13.5. The van der Waals surface area contributed by atoms with Crippen LogP contribution in [-0.4, -0.2) is 56.2 Å². The molecule has 2 aromatic rings. The molecular formula is C19H24N4O4. The van der Waals surface area contributed by atoms with Gasteiger partial charge < -0.3 is 19.2 Å². The number of carbonyl (C=O) groups is 1. The lowest BCUT2D eigenvalue weighted by Gasteiger charge is -2.32. The van der Waals surface area contributed by atoms with Gasteiger partial charge in [-0.25, -0.2) is 9.78 Å². The Hall–Kier alpha value is -3.03. The van der Waals surface area contributed by atoms with Crippen molar-refractivity contribution in [3.05, 3.63) is 43.0 Å². The standard InChI is InChI=1S/C19H24N4O4/c1-19(2,3)23(18(24)25)11-14-10-15(27-21-14)12-26-17-7-5-4-6-16(17)22-9-8-20-13-22/h4-9,13,15H,10-12H2,1-3H3,(H,24,25). The summed E-state index contributed by atoms with van der Waals surface area (Å²) in [4.78, 5) is 22.3. The maximum Gasteiger partial charge on any atom is 0.408 e. The molecule has 0 radical (unpaired) electrons. The van der Waals surface area contributed by atoms with Gasteiger partial charge in [0.25, 0.3) is 0 Å². The number of benzene rings is 1. The molecule has 0 saturated heterocycles. The Morgan fingerprint density at radius 3 is 2.85 bits per heavy atom. The van der Waals surface area contributed by atoms with Crippen LogP contribution in [0.4, 0.5) is 4.79 Å². The minimum atomic E-state index is -0.973. The van der Waals surface area contributed by atoms with Gasteiger partial charge in [0.05, 0.1) is 24.3 Å². The average Bonchev–Trinajstić information content (AvgIpc) is 3.29. The maximum absolute atomic E-state index is 11.5. The number of imidazole rings is 1. The molecule has 1 unspecified atom stereocenters. The maximum atomic E-state index is 11.5. The van der Waals surface area contributed by atoms with Gasteiger partial charge in [-0.2, -0.15) is 0 Å². The first-order valence-corrected chi connectivity index (χ1v) is 8.77. The Balaban J connectivity index is 1.57. The molecule has 1 atom stereocenters. The third kappa shape index (κ3) is 4.58. The number of oxime groups is 1. The van der Waals surface area contributed by atoms with Crippen LogP contribution in [0.15, 0.2) is 48.1 Å². The fourth-order valence-electron chi connectivity index (χ4n) is 2.82. The number of nitrogens with zero attached hydrogens (tertiary/aromatic N) is 4. The zero-order chi connectivity index (χ0) is 19.4. The van der Waals surface area contributed by atoms with E-state index in [1.165, 1.54) is 4.90 Å². The van der Waals surface area contributed by atoms with Crippen molar-refractivity contribution in [1.29, 1.82) is 0 Å². The summed E-state index contributed by atoms with van der Waals surface area (Å²) in [7, 11) is 0. The zero-order valence-electron chi connectivity index (χ0n) is 15.7. The minimum absolute atomic E-state index is 0.223. The van der Waals surface area contributed by atoms with Crippen molar-refractivity contribution in [2.75, 3.05) is 13.2 Å². The summed E-state index contributed by atoms with van der Waals surface area (Å²) in [5.74, 6) is 0.717. The molecule has 8 heteroatoms. The largest absolute Gasteiger partial charge is 0.487 e. The molecule has 1 aliphatic rings. The van der Waals surface area contributed by atoms with E-state index in [-0.39, 0.29) is 12.6 Å². The van der Waals surface area contributed by atoms with Crippen LogP contribution in [0.25, 0.3) is 5.69 Å². The Bertz CT molecular complexity index is 811. The Kier molecular flexibility index (Phi) is 5.34. The number of hydrogen-bond donors (Lipinski definition) is 1. The first-order valence-electron chi connectivity index (χ1n) is 8.77. The molecule has 8 nitrogen and oxygen atoms in total. The van der Waals surface area contributed by atoms with E-state index in [1.54, 1.807) is 12.5 Å². The van der Waals surface area contributed by atoms with Crippen molar-refractivity contribution in [3.63, 3.8) is 0 Å². The van der Waals surface area contributed by atoms with Gasteiger partial charge in [0.15, 0.2) is 6.10 Å². The van der Waals surface area contributed by atoms with Crippen LogP contribution >= 0.6 is 0 Å². The van der Waals surface area contributed by atoms with E-state index >= 15 is 0 Å². The van der Waals surface area contributed by atoms with E-state index in [0.717, 1.165) is 11.4 Å². The molecule has 2 heterocycles. The highest BCUT2D eigenvalue weighted by Gasteiger charge is 2.31. The molecule has 0 saturated carbocycles. The third-order valence-corrected chi connectivity index (χ3v) is 4.25. The lowest BCUT2D eigenvalue weighted by Crippen LogP contribution is -2.47. The second-order valence-corrected chi connectivity index (χ2v) is 7.38. The number of hydrogen-bond acceptors (Lipinski definition) is 5. The molecule has 0 spiro atoms. The zero-order valence-corrected chi connectivity index (χ0v) is 15.7. The van der Waals surface area contributed by atoms with E-state index in [9.17, 15) is 9.90 Å². The molecule has 1 aromatic heterocycles. The van der Waals surface area contributed by atoms with Crippen LogP contribution in [0.5, 0.6) is 5.75 Å². The van der Waals surface area contributed by atoms with Crippen LogP contribution < -0.4 is 4.74 Å². The normalized spacial score (nSPS) is 16.6. The molecule has 0 aliphatic carbocycles. The van der Waals surface area contributed by atoms with Crippen molar-refractivity contribution < 1.29 is 19.5 Å². The van der Waals surface area contributed by atoms with Crippen LogP contribution in [0, 0.1) is 0 Å². The summed E-state index contributed by atoms with van der Waals surface area (Å²) in [6.45, 7) is 6.10. The van der Waals surface area contributed by atoms with E-state index in [4.69, 9.17) is 9.57 Å². The predicted octanol–water partition coefficient (Wildman–Crippen LogP) is 3.17. The van der Waals surface area contributed by atoms with E-state index in [1.807, 2.05) is 55.8 Å². The van der Waals surface area contributed by atoms with E-state index < -0.39 is 11.6 Å². The number of ether oxygens (including phenoxy) is 1. The topological polar surface area (TPSA) is 89.2 Å². The first-order chi connectivity index (χ1) is 12.8. The highest BCUT2D eigenvalue weighted by Crippen LogP contribution is 2.24. The van der Waals surface area contributed by atoms with Gasteiger partial charge in [0.2, 0.25) is 0 Å². The SMILES string of the molecule is CC(C)(C)N(CC1=NOC(COc2ccccc2-n2ccnc2)C1)C(=O)O. The molecular weight excluding hydrogens is 348 g/mol. The summed E-state index contributed by atoms with van der Waals surface area (Å²) in [6.07, 6.45) is 4.59. The van der Waals surface area contributed by atoms with Crippen LogP contribution in [0.1, 0.15) is 27.2 Å².